The standard InChI is InChI=1S/C16H20N2O3/c19-15(14-6-1-2-8-17-14)18-9-7-12-11(10-18)4-3-5-13(12)16(20)21/h3-5,14,17H,1-2,6-10H2,(H,20,21). The van der Waals surface area contributed by atoms with Crippen molar-refractivity contribution in [2.24, 2.45) is 0 Å². The summed E-state index contributed by atoms with van der Waals surface area (Å²) in [6.45, 7) is 2.03. The Kier molecular flexibility index (Phi) is 3.92. The molecule has 0 saturated carbocycles. The fraction of sp³-hybridized carbons (Fsp3) is 0.500. The minimum atomic E-state index is -0.888. The molecule has 0 aromatic heterocycles. The van der Waals surface area contributed by atoms with Gasteiger partial charge in [-0.1, -0.05) is 18.6 Å². The molecule has 0 spiro atoms. The lowest BCUT2D eigenvalue weighted by atomic mass is 9.93. The minimum Gasteiger partial charge on any atom is -0.478 e. The van der Waals surface area contributed by atoms with Gasteiger partial charge in [0.25, 0.3) is 0 Å². The molecule has 1 saturated heterocycles. The van der Waals surface area contributed by atoms with Crippen LogP contribution >= 0.6 is 0 Å². The zero-order chi connectivity index (χ0) is 14.8. The molecule has 1 aromatic rings. The van der Waals surface area contributed by atoms with E-state index in [1.54, 1.807) is 12.1 Å². The van der Waals surface area contributed by atoms with Crippen LogP contribution in [-0.2, 0) is 17.8 Å². The van der Waals surface area contributed by atoms with Crippen LogP contribution in [0.2, 0.25) is 0 Å². The number of nitrogens with one attached hydrogen (secondary N) is 1. The molecule has 0 bridgehead atoms. The fourth-order valence-electron chi connectivity index (χ4n) is 3.28. The number of carboxylic acids is 1. The molecule has 2 N–H and O–H groups in total. The predicted molar refractivity (Wildman–Crippen MR) is 78.2 cm³/mol. The number of nitrogens with zero attached hydrogens (tertiary/aromatic N) is 1. The predicted octanol–water partition coefficient (Wildman–Crippen LogP) is 1.41. The van der Waals surface area contributed by atoms with Gasteiger partial charge in [-0.25, -0.2) is 4.79 Å². The van der Waals surface area contributed by atoms with E-state index in [2.05, 4.69) is 5.32 Å². The Morgan fingerprint density at radius 3 is 2.86 bits per heavy atom. The molecule has 1 aromatic carbocycles. The van der Waals surface area contributed by atoms with Crippen molar-refractivity contribution in [2.75, 3.05) is 13.1 Å². The van der Waals surface area contributed by atoms with Crippen molar-refractivity contribution in [3.05, 3.63) is 34.9 Å². The number of carbonyl (C=O) groups excluding carboxylic acids is 1. The third-order valence-corrected chi connectivity index (χ3v) is 4.42. The summed E-state index contributed by atoms with van der Waals surface area (Å²) in [6.07, 6.45) is 3.75. The van der Waals surface area contributed by atoms with E-state index in [1.165, 1.54) is 0 Å². The Morgan fingerprint density at radius 2 is 2.14 bits per heavy atom. The van der Waals surface area contributed by atoms with E-state index in [-0.39, 0.29) is 11.9 Å². The first-order valence-corrected chi connectivity index (χ1v) is 7.53. The molecule has 1 amide bonds. The topological polar surface area (TPSA) is 69.6 Å². The summed E-state index contributed by atoms with van der Waals surface area (Å²) >= 11 is 0. The van der Waals surface area contributed by atoms with Gasteiger partial charge in [0, 0.05) is 13.1 Å². The van der Waals surface area contributed by atoms with Crippen LogP contribution in [0.25, 0.3) is 0 Å². The maximum Gasteiger partial charge on any atom is 0.335 e. The zero-order valence-corrected chi connectivity index (χ0v) is 12.0. The Bertz CT molecular complexity index is 565. The van der Waals surface area contributed by atoms with Crippen molar-refractivity contribution in [1.82, 2.24) is 10.2 Å². The van der Waals surface area contributed by atoms with Gasteiger partial charge in [-0.2, -0.15) is 0 Å². The van der Waals surface area contributed by atoms with Gasteiger partial charge in [0.15, 0.2) is 0 Å². The van der Waals surface area contributed by atoms with Gasteiger partial charge < -0.3 is 15.3 Å². The van der Waals surface area contributed by atoms with Gasteiger partial charge in [0.2, 0.25) is 5.91 Å². The Labute approximate surface area is 123 Å². The molecule has 2 heterocycles. The largest absolute Gasteiger partial charge is 0.478 e. The molecule has 2 aliphatic rings. The summed E-state index contributed by atoms with van der Waals surface area (Å²) < 4.78 is 0. The first kappa shape index (κ1) is 14.1. The van der Waals surface area contributed by atoms with Gasteiger partial charge >= 0.3 is 5.97 Å². The molecule has 2 aliphatic heterocycles. The van der Waals surface area contributed by atoms with Crippen LogP contribution in [0, 0.1) is 0 Å². The first-order valence-electron chi connectivity index (χ1n) is 7.53. The Balaban J connectivity index is 1.77. The van der Waals surface area contributed by atoms with Crippen LogP contribution in [0.4, 0.5) is 0 Å². The van der Waals surface area contributed by atoms with Crippen molar-refractivity contribution in [3.8, 4) is 0 Å². The third-order valence-electron chi connectivity index (χ3n) is 4.42. The number of benzene rings is 1. The average Bonchev–Trinajstić information content (AvgIpc) is 2.53. The highest BCUT2D eigenvalue weighted by Crippen LogP contribution is 2.24. The smallest absolute Gasteiger partial charge is 0.335 e. The zero-order valence-electron chi connectivity index (χ0n) is 12.0. The van der Waals surface area contributed by atoms with Crippen LogP contribution < -0.4 is 5.32 Å². The average molecular weight is 288 g/mol. The number of rotatable bonds is 2. The van der Waals surface area contributed by atoms with Crippen LogP contribution in [0.3, 0.4) is 0 Å². The van der Waals surface area contributed by atoms with E-state index in [0.29, 0.717) is 25.1 Å². The number of amides is 1. The summed E-state index contributed by atoms with van der Waals surface area (Å²) in [4.78, 5) is 25.6. The molecule has 3 rings (SSSR count). The highest BCUT2D eigenvalue weighted by atomic mass is 16.4. The Hall–Kier alpha value is -1.88. The van der Waals surface area contributed by atoms with Gasteiger partial charge in [0.05, 0.1) is 11.6 Å². The summed E-state index contributed by atoms with van der Waals surface area (Å²) in [5.74, 6) is -0.735. The van der Waals surface area contributed by atoms with Crippen molar-refractivity contribution < 1.29 is 14.7 Å². The minimum absolute atomic E-state index is 0.0667. The lowest BCUT2D eigenvalue weighted by molar-refractivity contribution is -0.135. The molecule has 1 atom stereocenters. The van der Waals surface area contributed by atoms with Gasteiger partial charge in [-0.3, -0.25) is 4.79 Å². The van der Waals surface area contributed by atoms with Crippen molar-refractivity contribution in [3.63, 3.8) is 0 Å². The van der Waals surface area contributed by atoms with E-state index >= 15 is 0 Å². The second kappa shape index (κ2) is 5.85. The van der Waals surface area contributed by atoms with Gasteiger partial charge in [-0.15, -0.1) is 0 Å². The summed E-state index contributed by atoms with van der Waals surface area (Å²) in [6, 6.07) is 5.26. The highest BCUT2D eigenvalue weighted by Gasteiger charge is 2.29. The Morgan fingerprint density at radius 1 is 1.29 bits per heavy atom. The number of carbonyl (C=O) groups is 2. The highest BCUT2D eigenvalue weighted by molar-refractivity contribution is 5.90. The number of carboxylic acid groups (broad SMARTS) is 1. The normalized spacial score (nSPS) is 21.7. The van der Waals surface area contributed by atoms with Crippen LogP contribution in [0.5, 0.6) is 0 Å². The lowest BCUT2D eigenvalue weighted by Gasteiger charge is -2.34. The van der Waals surface area contributed by atoms with E-state index in [4.69, 9.17) is 0 Å². The monoisotopic (exact) mass is 288 g/mol. The molecule has 0 radical (unpaired) electrons. The molecule has 21 heavy (non-hydrogen) atoms. The molecular weight excluding hydrogens is 268 g/mol. The third kappa shape index (κ3) is 2.78. The first-order chi connectivity index (χ1) is 10.2. The van der Waals surface area contributed by atoms with Crippen LogP contribution in [-0.4, -0.2) is 41.0 Å². The molecule has 5 heteroatoms. The number of piperidine rings is 1. The van der Waals surface area contributed by atoms with Crippen molar-refractivity contribution in [1.29, 1.82) is 0 Å². The van der Waals surface area contributed by atoms with Gasteiger partial charge in [-0.05, 0) is 43.0 Å². The maximum atomic E-state index is 12.5. The van der Waals surface area contributed by atoms with Crippen molar-refractivity contribution in [2.45, 2.75) is 38.3 Å². The molecular formula is C16H20N2O3. The van der Waals surface area contributed by atoms with E-state index in [9.17, 15) is 14.7 Å². The van der Waals surface area contributed by atoms with Crippen LogP contribution in [0.15, 0.2) is 18.2 Å². The molecule has 5 nitrogen and oxygen atoms in total. The molecule has 1 unspecified atom stereocenters. The number of aromatic carboxylic acids is 1. The van der Waals surface area contributed by atoms with E-state index in [1.807, 2.05) is 11.0 Å². The van der Waals surface area contributed by atoms with E-state index < -0.39 is 5.97 Å². The molecule has 1 fully saturated rings. The number of fused-ring (bicyclic) bond motifs is 1. The van der Waals surface area contributed by atoms with Crippen LogP contribution in [0.1, 0.15) is 40.7 Å². The maximum absolute atomic E-state index is 12.5. The second-order valence-corrected chi connectivity index (χ2v) is 5.76. The van der Waals surface area contributed by atoms with Gasteiger partial charge in [0.1, 0.15) is 0 Å². The quantitative estimate of drug-likeness (QED) is 0.863. The number of hydrogen-bond donors (Lipinski definition) is 2. The SMILES string of the molecule is O=C(O)c1cccc2c1CCN(C(=O)C1CCCCN1)C2. The lowest BCUT2D eigenvalue weighted by Crippen LogP contribution is -2.49. The molecule has 0 aliphatic carbocycles. The fourth-order valence-corrected chi connectivity index (χ4v) is 3.28. The molecule has 112 valence electrons. The summed E-state index contributed by atoms with van der Waals surface area (Å²) in [7, 11) is 0. The number of hydrogen-bond acceptors (Lipinski definition) is 3. The second-order valence-electron chi connectivity index (χ2n) is 5.76. The summed E-state index contributed by atoms with van der Waals surface area (Å²) in [5.41, 5.74) is 2.21. The van der Waals surface area contributed by atoms with Crippen molar-refractivity contribution >= 4 is 11.9 Å². The van der Waals surface area contributed by atoms with E-state index in [0.717, 1.165) is 36.9 Å². The summed E-state index contributed by atoms with van der Waals surface area (Å²) in [5, 5.41) is 12.5.